The van der Waals surface area contributed by atoms with Gasteiger partial charge in [-0.3, -0.25) is 9.78 Å². The molecule has 0 radical (unpaired) electrons. The molecule has 2 fully saturated rings. The minimum atomic E-state index is -0.00778. The predicted octanol–water partition coefficient (Wildman–Crippen LogP) is 2.19. The molecule has 1 unspecified atom stereocenters. The van der Waals surface area contributed by atoms with Crippen molar-refractivity contribution in [3.8, 4) is 0 Å². The normalized spacial score (nSPS) is 20.2. The summed E-state index contributed by atoms with van der Waals surface area (Å²) in [5, 5.41) is 3.46. The number of carbonyl (C=O) groups excluding carboxylic acids is 1. The van der Waals surface area contributed by atoms with E-state index in [4.69, 9.17) is 0 Å². The number of piperidine rings is 1. The zero-order valence-electron chi connectivity index (χ0n) is 14.8. The van der Waals surface area contributed by atoms with E-state index in [-0.39, 0.29) is 11.9 Å². The molecule has 1 amide bonds. The van der Waals surface area contributed by atoms with Gasteiger partial charge in [-0.2, -0.15) is 0 Å². The third kappa shape index (κ3) is 3.76. The lowest BCUT2D eigenvalue weighted by Crippen LogP contribution is -2.32. The number of likely N-dealkylation sites (tertiary alicyclic amines) is 1. The minimum absolute atomic E-state index is 0.00778. The molecule has 2 aliphatic heterocycles. The molecule has 136 valence electrons. The molecule has 2 saturated heterocycles. The Balaban J connectivity index is 1.37. The Morgan fingerprint density at radius 2 is 1.96 bits per heavy atom. The number of amides is 1. The van der Waals surface area contributed by atoms with Gasteiger partial charge in [0, 0.05) is 44.5 Å². The fourth-order valence-corrected chi connectivity index (χ4v) is 3.64. The number of pyridine rings is 1. The highest BCUT2D eigenvalue weighted by Crippen LogP contribution is 2.21. The van der Waals surface area contributed by atoms with Crippen LogP contribution in [0.25, 0.3) is 0 Å². The first-order chi connectivity index (χ1) is 12.8. The average molecular weight is 352 g/mol. The zero-order valence-corrected chi connectivity index (χ0v) is 14.8. The van der Waals surface area contributed by atoms with E-state index in [1.165, 1.54) is 19.3 Å². The molecule has 2 aliphatic rings. The molecular weight excluding hydrogens is 328 g/mol. The van der Waals surface area contributed by atoms with Crippen LogP contribution in [0.1, 0.15) is 36.2 Å². The number of hydrogen-bond acceptors (Lipinski definition) is 6. The summed E-state index contributed by atoms with van der Waals surface area (Å²) in [6.45, 7) is 3.52. The maximum atomic E-state index is 12.5. The van der Waals surface area contributed by atoms with Crippen LogP contribution in [0.5, 0.6) is 0 Å². The Morgan fingerprint density at radius 1 is 1.08 bits per heavy atom. The highest BCUT2D eigenvalue weighted by Gasteiger charge is 2.27. The fraction of sp³-hybridized carbons (Fsp3) is 0.474. The summed E-state index contributed by atoms with van der Waals surface area (Å²) >= 11 is 0. The predicted molar refractivity (Wildman–Crippen MR) is 100 cm³/mol. The first-order valence-corrected chi connectivity index (χ1v) is 9.33. The van der Waals surface area contributed by atoms with E-state index in [0.29, 0.717) is 12.2 Å². The number of rotatable bonds is 4. The van der Waals surface area contributed by atoms with E-state index in [9.17, 15) is 4.79 Å². The van der Waals surface area contributed by atoms with Crippen LogP contribution < -0.4 is 10.2 Å². The van der Waals surface area contributed by atoms with Gasteiger partial charge in [-0.05, 0) is 37.8 Å². The minimum Gasteiger partial charge on any atom is -0.365 e. The lowest BCUT2D eigenvalue weighted by atomic mass is 10.1. The first kappa shape index (κ1) is 16.8. The summed E-state index contributed by atoms with van der Waals surface area (Å²) < 4.78 is 0. The number of anilines is 2. The van der Waals surface area contributed by atoms with Crippen LogP contribution in [0.4, 0.5) is 11.6 Å². The molecule has 4 heterocycles. The highest BCUT2D eigenvalue weighted by molar-refractivity contribution is 5.92. The van der Waals surface area contributed by atoms with Gasteiger partial charge in [-0.25, -0.2) is 9.97 Å². The van der Waals surface area contributed by atoms with Crippen molar-refractivity contribution >= 4 is 17.5 Å². The largest absolute Gasteiger partial charge is 0.365 e. The van der Waals surface area contributed by atoms with E-state index in [1.807, 2.05) is 23.1 Å². The van der Waals surface area contributed by atoms with Gasteiger partial charge < -0.3 is 15.1 Å². The van der Waals surface area contributed by atoms with Gasteiger partial charge in [0.15, 0.2) is 0 Å². The van der Waals surface area contributed by atoms with Crippen LogP contribution in [0.2, 0.25) is 0 Å². The second-order valence-corrected chi connectivity index (χ2v) is 6.91. The van der Waals surface area contributed by atoms with Gasteiger partial charge >= 0.3 is 0 Å². The van der Waals surface area contributed by atoms with Crippen molar-refractivity contribution in [3.63, 3.8) is 0 Å². The second-order valence-electron chi connectivity index (χ2n) is 6.91. The van der Waals surface area contributed by atoms with Crippen LogP contribution in [0.3, 0.4) is 0 Å². The van der Waals surface area contributed by atoms with Crippen molar-refractivity contribution in [1.82, 2.24) is 19.9 Å². The van der Waals surface area contributed by atoms with Gasteiger partial charge in [-0.15, -0.1) is 0 Å². The summed E-state index contributed by atoms with van der Waals surface area (Å²) in [6.07, 6.45) is 7.93. The standard InChI is InChI=1S/C19H24N6O/c26-19(16-6-2-3-8-20-16)25-11-7-15(13-25)23-17-12-18(22-14-21-17)24-9-4-1-5-10-24/h2-3,6,8,12,14-15H,1,4-5,7,9-11,13H2,(H,21,22,23). The Kier molecular flexibility index (Phi) is 4.95. The molecule has 4 rings (SSSR count). The molecular formula is C19H24N6O. The molecule has 7 heteroatoms. The molecule has 1 atom stereocenters. The van der Waals surface area contributed by atoms with Crippen molar-refractivity contribution in [2.45, 2.75) is 31.7 Å². The zero-order chi connectivity index (χ0) is 17.8. The van der Waals surface area contributed by atoms with Gasteiger partial charge in [0.1, 0.15) is 23.7 Å². The second kappa shape index (κ2) is 7.68. The molecule has 0 spiro atoms. The van der Waals surface area contributed by atoms with Crippen molar-refractivity contribution in [1.29, 1.82) is 0 Å². The highest BCUT2D eigenvalue weighted by atomic mass is 16.2. The SMILES string of the molecule is O=C(c1ccccn1)N1CCC(Nc2cc(N3CCCCC3)ncn2)C1. The molecule has 0 aliphatic carbocycles. The lowest BCUT2D eigenvalue weighted by Gasteiger charge is -2.27. The monoisotopic (exact) mass is 352 g/mol. The summed E-state index contributed by atoms with van der Waals surface area (Å²) in [7, 11) is 0. The Bertz CT molecular complexity index is 747. The van der Waals surface area contributed by atoms with Crippen LogP contribution >= 0.6 is 0 Å². The summed E-state index contributed by atoms with van der Waals surface area (Å²) in [5.74, 6) is 1.81. The van der Waals surface area contributed by atoms with Crippen molar-refractivity contribution in [3.05, 3.63) is 42.5 Å². The maximum Gasteiger partial charge on any atom is 0.272 e. The molecule has 2 aromatic rings. The molecule has 1 N–H and O–H groups in total. The molecule has 0 bridgehead atoms. The fourth-order valence-electron chi connectivity index (χ4n) is 3.64. The van der Waals surface area contributed by atoms with Crippen LogP contribution in [-0.2, 0) is 0 Å². The van der Waals surface area contributed by atoms with Gasteiger partial charge in [0.2, 0.25) is 0 Å². The van der Waals surface area contributed by atoms with Gasteiger partial charge in [0.25, 0.3) is 5.91 Å². The third-order valence-electron chi connectivity index (χ3n) is 5.04. The maximum absolute atomic E-state index is 12.5. The van der Waals surface area contributed by atoms with E-state index in [0.717, 1.165) is 37.7 Å². The third-order valence-corrected chi connectivity index (χ3v) is 5.04. The number of hydrogen-bond donors (Lipinski definition) is 1. The van der Waals surface area contributed by atoms with E-state index < -0.39 is 0 Å². The summed E-state index contributed by atoms with van der Waals surface area (Å²) in [4.78, 5) is 29.6. The van der Waals surface area contributed by atoms with Crippen molar-refractivity contribution in [2.75, 3.05) is 36.4 Å². The lowest BCUT2D eigenvalue weighted by molar-refractivity contribution is 0.0786. The number of aromatic nitrogens is 3. The quantitative estimate of drug-likeness (QED) is 0.909. The Morgan fingerprint density at radius 3 is 2.77 bits per heavy atom. The van der Waals surface area contributed by atoms with Crippen molar-refractivity contribution < 1.29 is 4.79 Å². The van der Waals surface area contributed by atoms with Crippen LogP contribution in [0, 0.1) is 0 Å². The topological polar surface area (TPSA) is 74.2 Å². The van der Waals surface area contributed by atoms with E-state index >= 15 is 0 Å². The van der Waals surface area contributed by atoms with Gasteiger partial charge in [0.05, 0.1) is 0 Å². The first-order valence-electron chi connectivity index (χ1n) is 9.33. The smallest absolute Gasteiger partial charge is 0.272 e. The molecule has 0 saturated carbocycles. The van der Waals surface area contributed by atoms with E-state index in [1.54, 1.807) is 18.6 Å². The van der Waals surface area contributed by atoms with Crippen LogP contribution in [-0.4, -0.2) is 58.0 Å². The van der Waals surface area contributed by atoms with Crippen molar-refractivity contribution in [2.24, 2.45) is 0 Å². The molecule has 7 nitrogen and oxygen atoms in total. The number of carbonyl (C=O) groups is 1. The summed E-state index contributed by atoms with van der Waals surface area (Å²) in [6, 6.07) is 7.65. The number of nitrogens with one attached hydrogen (secondary N) is 1. The Labute approximate surface area is 153 Å². The summed E-state index contributed by atoms with van der Waals surface area (Å²) in [5.41, 5.74) is 0.502. The Hall–Kier alpha value is -2.70. The molecule has 2 aromatic heterocycles. The van der Waals surface area contributed by atoms with Crippen LogP contribution in [0.15, 0.2) is 36.8 Å². The van der Waals surface area contributed by atoms with Gasteiger partial charge in [-0.1, -0.05) is 6.07 Å². The van der Waals surface area contributed by atoms with E-state index in [2.05, 4.69) is 25.2 Å². The number of nitrogens with zero attached hydrogens (tertiary/aromatic N) is 5. The molecule has 26 heavy (non-hydrogen) atoms. The molecule has 0 aromatic carbocycles. The average Bonchev–Trinajstić information content (AvgIpc) is 3.17.